The van der Waals surface area contributed by atoms with Crippen LogP contribution in [0.2, 0.25) is 0 Å². The van der Waals surface area contributed by atoms with Crippen molar-refractivity contribution in [1.82, 2.24) is 15.4 Å². The van der Waals surface area contributed by atoms with Gasteiger partial charge in [0.1, 0.15) is 0 Å². The first-order valence-corrected chi connectivity index (χ1v) is 10.6. The summed E-state index contributed by atoms with van der Waals surface area (Å²) in [5.41, 5.74) is -0.271. The number of benzene rings is 1. The van der Waals surface area contributed by atoms with E-state index in [0.717, 1.165) is 6.07 Å². The molecule has 0 aliphatic heterocycles. The standard InChI is InChI=1S/C15H25N5O4S2/c1-15(2,25-4)11-18-14(16-3)17-8-9-19-26(23,24)13-7-5-6-12(10-13)20(21)22/h5-7,10,19H,8-9,11H2,1-4H3,(H2,16,17,18). The normalized spacial score (nSPS) is 12.7. The van der Waals surface area contributed by atoms with E-state index in [9.17, 15) is 18.5 Å². The van der Waals surface area contributed by atoms with Crippen LogP contribution in [0, 0.1) is 10.1 Å². The average molecular weight is 404 g/mol. The number of aliphatic imine (C=N–C) groups is 1. The highest BCUT2D eigenvalue weighted by Crippen LogP contribution is 2.19. The molecule has 26 heavy (non-hydrogen) atoms. The molecule has 0 aliphatic rings. The van der Waals surface area contributed by atoms with Crippen molar-refractivity contribution in [2.75, 3.05) is 32.9 Å². The Morgan fingerprint density at radius 3 is 2.58 bits per heavy atom. The van der Waals surface area contributed by atoms with Crippen molar-refractivity contribution in [3.63, 3.8) is 0 Å². The van der Waals surface area contributed by atoms with E-state index in [2.05, 4.69) is 34.2 Å². The molecule has 146 valence electrons. The van der Waals surface area contributed by atoms with E-state index < -0.39 is 14.9 Å². The van der Waals surface area contributed by atoms with E-state index in [-0.39, 0.29) is 21.9 Å². The molecule has 0 unspecified atom stereocenters. The van der Waals surface area contributed by atoms with Gasteiger partial charge in [0.25, 0.3) is 5.69 Å². The van der Waals surface area contributed by atoms with Crippen LogP contribution in [-0.2, 0) is 10.0 Å². The Balaban J connectivity index is 2.53. The first kappa shape index (κ1) is 22.2. The highest BCUT2D eigenvalue weighted by molar-refractivity contribution is 7.99. The Kier molecular flexibility index (Phi) is 8.31. The number of thioether (sulfide) groups is 1. The average Bonchev–Trinajstić information content (AvgIpc) is 2.61. The maximum absolute atomic E-state index is 12.2. The third-order valence-electron chi connectivity index (χ3n) is 3.51. The fraction of sp³-hybridized carbons (Fsp3) is 0.533. The summed E-state index contributed by atoms with van der Waals surface area (Å²) in [5, 5.41) is 17.0. The Labute approximate surface area is 158 Å². The van der Waals surface area contributed by atoms with Crippen LogP contribution in [0.1, 0.15) is 13.8 Å². The Bertz CT molecular complexity index is 750. The minimum Gasteiger partial charge on any atom is -0.355 e. The van der Waals surface area contributed by atoms with Crippen LogP contribution in [0.15, 0.2) is 34.2 Å². The molecule has 0 aromatic heterocycles. The minimum absolute atomic E-state index is 0.0429. The van der Waals surface area contributed by atoms with Crippen molar-refractivity contribution in [2.45, 2.75) is 23.5 Å². The summed E-state index contributed by atoms with van der Waals surface area (Å²) in [6.07, 6.45) is 2.03. The molecule has 0 saturated heterocycles. The van der Waals surface area contributed by atoms with Crippen molar-refractivity contribution in [2.24, 2.45) is 4.99 Å². The van der Waals surface area contributed by atoms with Crippen molar-refractivity contribution >= 4 is 33.4 Å². The summed E-state index contributed by atoms with van der Waals surface area (Å²) in [6, 6.07) is 4.92. The maximum atomic E-state index is 12.2. The molecule has 0 saturated carbocycles. The van der Waals surface area contributed by atoms with Gasteiger partial charge in [-0.3, -0.25) is 15.1 Å². The number of hydrogen-bond donors (Lipinski definition) is 3. The van der Waals surface area contributed by atoms with Crippen molar-refractivity contribution in [3.8, 4) is 0 Å². The Morgan fingerprint density at radius 1 is 1.31 bits per heavy atom. The molecule has 1 aromatic rings. The summed E-state index contributed by atoms with van der Waals surface area (Å²) in [6.45, 7) is 5.33. The van der Waals surface area contributed by atoms with Gasteiger partial charge in [-0.25, -0.2) is 13.1 Å². The van der Waals surface area contributed by atoms with E-state index in [1.165, 1.54) is 18.2 Å². The Morgan fingerprint density at radius 2 is 2.00 bits per heavy atom. The van der Waals surface area contributed by atoms with Crippen LogP contribution in [-0.4, -0.2) is 57.0 Å². The summed E-state index contributed by atoms with van der Waals surface area (Å²) in [5.74, 6) is 0.571. The highest BCUT2D eigenvalue weighted by atomic mass is 32.2. The summed E-state index contributed by atoms with van der Waals surface area (Å²) < 4.78 is 26.9. The van der Waals surface area contributed by atoms with Gasteiger partial charge in [0.15, 0.2) is 5.96 Å². The van der Waals surface area contributed by atoms with Crippen molar-refractivity contribution in [1.29, 1.82) is 0 Å². The SMILES string of the molecule is CN=C(NCCNS(=O)(=O)c1cccc([N+](=O)[O-])c1)NCC(C)(C)SC. The molecule has 0 bridgehead atoms. The number of nitro benzene ring substituents is 1. The quantitative estimate of drug-likeness (QED) is 0.186. The minimum atomic E-state index is -3.82. The van der Waals surface area contributed by atoms with E-state index >= 15 is 0 Å². The number of sulfonamides is 1. The van der Waals surface area contributed by atoms with Gasteiger partial charge in [-0.1, -0.05) is 6.07 Å². The van der Waals surface area contributed by atoms with Gasteiger partial charge >= 0.3 is 0 Å². The van der Waals surface area contributed by atoms with E-state index in [0.29, 0.717) is 19.0 Å². The molecule has 0 atom stereocenters. The lowest BCUT2D eigenvalue weighted by Crippen LogP contribution is -2.45. The zero-order valence-corrected chi connectivity index (χ0v) is 16.9. The van der Waals surface area contributed by atoms with Gasteiger partial charge in [0.2, 0.25) is 10.0 Å². The molecular weight excluding hydrogens is 378 g/mol. The molecule has 0 radical (unpaired) electrons. The van der Waals surface area contributed by atoms with E-state index in [4.69, 9.17) is 0 Å². The van der Waals surface area contributed by atoms with Gasteiger partial charge in [-0.15, -0.1) is 0 Å². The first-order chi connectivity index (χ1) is 12.1. The fourth-order valence-corrected chi connectivity index (χ4v) is 3.09. The number of hydrogen-bond acceptors (Lipinski definition) is 6. The molecule has 0 heterocycles. The lowest BCUT2D eigenvalue weighted by molar-refractivity contribution is -0.385. The highest BCUT2D eigenvalue weighted by Gasteiger charge is 2.18. The van der Waals surface area contributed by atoms with Crippen LogP contribution in [0.5, 0.6) is 0 Å². The molecule has 0 aliphatic carbocycles. The largest absolute Gasteiger partial charge is 0.355 e. The number of rotatable bonds is 9. The molecule has 1 aromatic carbocycles. The third-order valence-corrected chi connectivity index (χ3v) is 6.21. The van der Waals surface area contributed by atoms with Crippen molar-refractivity contribution < 1.29 is 13.3 Å². The second kappa shape index (κ2) is 9.74. The number of nitrogens with one attached hydrogen (secondary N) is 3. The lowest BCUT2D eigenvalue weighted by atomic mass is 10.2. The molecular formula is C15H25N5O4S2. The molecule has 9 nitrogen and oxygen atoms in total. The summed E-state index contributed by atoms with van der Waals surface area (Å²) >= 11 is 1.73. The summed E-state index contributed by atoms with van der Waals surface area (Å²) in [4.78, 5) is 14.1. The second-order valence-electron chi connectivity index (χ2n) is 5.97. The molecule has 11 heteroatoms. The zero-order valence-electron chi connectivity index (χ0n) is 15.3. The Hall–Kier alpha value is -1.85. The number of non-ortho nitro benzene ring substituents is 1. The fourth-order valence-electron chi connectivity index (χ4n) is 1.80. The van der Waals surface area contributed by atoms with Gasteiger partial charge in [0, 0.05) is 43.6 Å². The second-order valence-corrected chi connectivity index (χ2v) is 9.25. The van der Waals surface area contributed by atoms with Gasteiger partial charge in [-0.2, -0.15) is 11.8 Å². The van der Waals surface area contributed by atoms with Crippen molar-refractivity contribution in [3.05, 3.63) is 34.4 Å². The van der Waals surface area contributed by atoms with Gasteiger partial charge < -0.3 is 10.6 Å². The molecule has 0 amide bonds. The van der Waals surface area contributed by atoms with Gasteiger partial charge in [0.05, 0.1) is 9.82 Å². The molecule has 0 spiro atoms. The van der Waals surface area contributed by atoms with Crippen LogP contribution in [0.4, 0.5) is 5.69 Å². The van der Waals surface area contributed by atoms with E-state index in [1.54, 1.807) is 18.8 Å². The first-order valence-electron chi connectivity index (χ1n) is 7.85. The topological polar surface area (TPSA) is 126 Å². The monoisotopic (exact) mass is 403 g/mol. The predicted molar refractivity (Wildman–Crippen MR) is 105 cm³/mol. The van der Waals surface area contributed by atoms with Crippen LogP contribution >= 0.6 is 11.8 Å². The third kappa shape index (κ3) is 7.18. The van der Waals surface area contributed by atoms with Crippen LogP contribution in [0.3, 0.4) is 0 Å². The van der Waals surface area contributed by atoms with Gasteiger partial charge in [-0.05, 0) is 26.2 Å². The number of guanidine groups is 1. The number of nitro groups is 1. The molecule has 1 rings (SSSR count). The van der Waals surface area contributed by atoms with Crippen LogP contribution < -0.4 is 15.4 Å². The molecule has 0 fully saturated rings. The zero-order chi connectivity index (χ0) is 19.8. The molecule has 3 N–H and O–H groups in total. The predicted octanol–water partition coefficient (Wildman–Crippen LogP) is 1.18. The van der Waals surface area contributed by atoms with Crippen LogP contribution in [0.25, 0.3) is 0 Å². The maximum Gasteiger partial charge on any atom is 0.270 e. The lowest BCUT2D eigenvalue weighted by Gasteiger charge is -2.23. The van der Waals surface area contributed by atoms with E-state index in [1.807, 2.05) is 6.26 Å². The number of nitrogens with zero attached hydrogens (tertiary/aromatic N) is 2. The smallest absolute Gasteiger partial charge is 0.270 e. The summed E-state index contributed by atoms with van der Waals surface area (Å²) in [7, 11) is -2.18.